The van der Waals surface area contributed by atoms with E-state index in [0.29, 0.717) is 0 Å². The highest BCUT2D eigenvalue weighted by atomic mass is 16.1. The number of amides is 1. The first-order valence-electron chi connectivity index (χ1n) is 6.39. The predicted molar refractivity (Wildman–Crippen MR) is 77.3 cm³/mol. The first-order valence-corrected chi connectivity index (χ1v) is 6.39. The van der Waals surface area contributed by atoms with Gasteiger partial charge in [-0.2, -0.15) is 0 Å². The predicted octanol–water partition coefficient (Wildman–Crippen LogP) is 3.56. The van der Waals surface area contributed by atoms with Gasteiger partial charge in [-0.3, -0.25) is 4.79 Å². The summed E-state index contributed by atoms with van der Waals surface area (Å²) in [7, 11) is 0. The first kappa shape index (κ1) is 14.5. The standard InChI is InChI=1S/C16H23NO/c1-13-5-7-14(8-6-13)9-10-15(18)17-12-11-16(2,3)4/h5-10H,11-12H2,1-4H3,(H,17,18)/b10-9+. The molecular formula is C16H23NO. The minimum absolute atomic E-state index is 0.0279. The van der Waals surface area contributed by atoms with Crippen LogP contribution in [0.25, 0.3) is 6.08 Å². The van der Waals surface area contributed by atoms with Gasteiger partial charge in [-0.05, 0) is 30.4 Å². The van der Waals surface area contributed by atoms with E-state index in [1.54, 1.807) is 6.08 Å². The zero-order valence-electron chi connectivity index (χ0n) is 11.8. The maximum Gasteiger partial charge on any atom is 0.243 e. The Labute approximate surface area is 110 Å². The summed E-state index contributed by atoms with van der Waals surface area (Å²) in [4.78, 5) is 11.6. The van der Waals surface area contributed by atoms with Crippen LogP contribution >= 0.6 is 0 Å². The number of hydrogen-bond donors (Lipinski definition) is 1. The zero-order chi connectivity index (χ0) is 13.6. The summed E-state index contributed by atoms with van der Waals surface area (Å²) in [6, 6.07) is 8.09. The van der Waals surface area contributed by atoms with Gasteiger partial charge in [0.25, 0.3) is 0 Å². The minimum atomic E-state index is -0.0279. The Bertz CT molecular complexity index is 410. The molecule has 0 atom stereocenters. The molecule has 1 aromatic carbocycles. The van der Waals surface area contributed by atoms with Crippen LogP contribution in [0.4, 0.5) is 0 Å². The van der Waals surface area contributed by atoms with Crippen molar-refractivity contribution in [1.82, 2.24) is 5.32 Å². The highest BCUT2D eigenvalue weighted by Crippen LogP contribution is 2.16. The van der Waals surface area contributed by atoms with Crippen LogP contribution < -0.4 is 5.32 Å². The molecule has 0 heterocycles. The van der Waals surface area contributed by atoms with Gasteiger partial charge in [0, 0.05) is 12.6 Å². The second-order valence-corrected chi connectivity index (χ2v) is 5.85. The normalized spacial score (nSPS) is 11.8. The van der Waals surface area contributed by atoms with Gasteiger partial charge in [0.05, 0.1) is 0 Å². The number of hydrogen-bond acceptors (Lipinski definition) is 1. The van der Waals surface area contributed by atoms with Crippen LogP contribution in [-0.4, -0.2) is 12.5 Å². The Morgan fingerprint density at radius 3 is 2.39 bits per heavy atom. The molecule has 0 unspecified atom stereocenters. The lowest BCUT2D eigenvalue weighted by atomic mass is 9.92. The molecule has 1 amide bonds. The number of carbonyl (C=O) groups excluding carboxylic acids is 1. The van der Waals surface area contributed by atoms with Gasteiger partial charge in [-0.25, -0.2) is 0 Å². The Morgan fingerprint density at radius 2 is 1.83 bits per heavy atom. The van der Waals surface area contributed by atoms with Gasteiger partial charge in [-0.1, -0.05) is 50.6 Å². The van der Waals surface area contributed by atoms with E-state index in [1.165, 1.54) is 5.56 Å². The van der Waals surface area contributed by atoms with Crippen molar-refractivity contribution in [1.29, 1.82) is 0 Å². The summed E-state index contributed by atoms with van der Waals surface area (Å²) >= 11 is 0. The molecule has 98 valence electrons. The van der Waals surface area contributed by atoms with E-state index in [1.807, 2.05) is 37.3 Å². The Balaban J connectivity index is 2.38. The molecule has 0 saturated carbocycles. The lowest BCUT2D eigenvalue weighted by Crippen LogP contribution is -2.25. The first-order chi connectivity index (χ1) is 8.37. The molecule has 0 aromatic heterocycles. The van der Waals surface area contributed by atoms with Crippen LogP contribution in [-0.2, 0) is 4.79 Å². The number of benzene rings is 1. The van der Waals surface area contributed by atoms with Crippen molar-refractivity contribution < 1.29 is 4.79 Å². The van der Waals surface area contributed by atoms with Crippen molar-refractivity contribution in [3.8, 4) is 0 Å². The fraction of sp³-hybridized carbons (Fsp3) is 0.438. The molecule has 0 saturated heterocycles. The summed E-state index contributed by atoms with van der Waals surface area (Å²) < 4.78 is 0. The van der Waals surface area contributed by atoms with E-state index in [9.17, 15) is 4.79 Å². The summed E-state index contributed by atoms with van der Waals surface area (Å²) in [5.74, 6) is -0.0279. The van der Waals surface area contributed by atoms with Crippen LogP contribution in [0.3, 0.4) is 0 Å². The van der Waals surface area contributed by atoms with Crippen LogP contribution in [0.5, 0.6) is 0 Å². The lowest BCUT2D eigenvalue weighted by Gasteiger charge is -2.17. The Kier molecular flexibility index (Phi) is 5.14. The summed E-state index contributed by atoms with van der Waals surface area (Å²) in [6.45, 7) is 9.27. The van der Waals surface area contributed by atoms with Crippen LogP contribution in [0.1, 0.15) is 38.3 Å². The van der Waals surface area contributed by atoms with Crippen LogP contribution in [0, 0.1) is 12.3 Å². The quantitative estimate of drug-likeness (QED) is 0.807. The zero-order valence-corrected chi connectivity index (χ0v) is 11.8. The third-order valence-electron chi connectivity index (χ3n) is 2.68. The van der Waals surface area contributed by atoms with Crippen molar-refractivity contribution in [3.05, 3.63) is 41.5 Å². The van der Waals surface area contributed by atoms with Crippen LogP contribution in [0.15, 0.2) is 30.3 Å². The average Bonchev–Trinajstić information content (AvgIpc) is 2.26. The molecular weight excluding hydrogens is 222 g/mol. The van der Waals surface area contributed by atoms with E-state index in [-0.39, 0.29) is 11.3 Å². The Hall–Kier alpha value is -1.57. The van der Waals surface area contributed by atoms with Crippen molar-refractivity contribution >= 4 is 12.0 Å². The SMILES string of the molecule is Cc1ccc(/C=C/C(=O)NCCC(C)(C)C)cc1. The summed E-state index contributed by atoms with van der Waals surface area (Å²) in [5, 5.41) is 2.90. The molecule has 0 aliphatic carbocycles. The summed E-state index contributed by atoms with van der Waals surface area (Å²) in [6.07, 6.45) is 4.41. The average molecular weight is 245 g/mol. The topological polar surface area (TPSA) is 29.1 Å². The van der Waals surface area contributed by atoms with Crippen molar-refractivity contribution in [2.24, 2.45) is 5.41 Å². The fourth-order valence-electron chi connectivity index (χ4n) is 1.47. The molecule has 1 aromatic rings. The molecule has 2 nitrogen and oxygen atoms in total. The van der Waals surface area contributed by atoms with Crippen molar-refractivity contribution in [3.63, 3.8) is 0 Å². The largest absolute Gasteiger partial charge is 0.353 e. The molecule has 18 heavy (non-hydrogen) atoms. The van der Waals surface area contributed by atoms with E-state index in [0.717, 1.165) is 18.5 Å². The molecule has 0 fully saturated rings. The molecule has 0 aliphatic rings. The number of aryl methyl sites for hydroxylation is 1. The van der Waals surface area contributed by atoms with Gasteiger partial charge in [-0.15, -0.1) is 0 Å². The van der Waals surface area contributed by atoms with Crippen molar-refractivity contribution in [2.45, 2.75) is 34.1 Å². The molecule has 0 radical (unpaired) electrons. The maximum absolute atomic E-state index is 11.6. The maximum atomic E-state index is 11.6. The molecule has 0 bridgehead atoms. The monoisotopic (exact) mass is 245 g/mol. The third-order valence-corrected chi connectivity index (χ3v) is 2.68. The van der Waals surface area contributed by atoms with Crippen molar-refractivity contribution in [2.75, 3.05) is 6.54 Å². The highest BCUT2D eigenvalue weighted by molar-refractivity contribution is 5.91. The van der Waals surface area contributed by atoms with Gasteiger partial charge in [0.1, 0.15) is 0 Å². The lowest BCUT2D eigenvalue weighted by molar-refractivity contribution is -0.116. The second kappa shape index (κ2) is 6.39. The van der Waals surface area contributed by atoms with E-state index in [2.05, 4.69) is 26.1 Å². The van der Waals surface area contributed by atoms with Gasteiger partial charge in [0.15, 0.2) is 0 Å². The second-order valence-electron chi connectivity index (χ2n) is 5.85. The van der Waals surface area contributed by atoms with Crippen LogP contribution in [0.2, 0.25) is 0 Å². The molecule has 2 heteroatoms. The van der Waals surface area contributed by atoms with Gasteiger partial charge >= 0.3 is 0 Å². The molecule has 1 rings (SSSR count). The number of carbonyl (C=O) groups is 1. The van der Waals surface area contributed by atoms with Gasteiger partial charge in [0.2, 0.25) is 5.91 Å². The summed E-state index contributed by atoms with van der Waals surface area (Å²) in [5.41, 5.74) is 2.53. The molecule has 0 spiro atoms. The third kappa shape index (κ3) is 6.24. The van der Waals surface area contributed by atoms with E-state index in [4.69, 9.17) is 0 Å². The van der Waals surface area contributed by atoms with E-state index < -0.39 is 0 Å². The highest BCUT2D eigenvalue weighted by Gasteiger charge is 2.09. The minimum Gasteiger partial charge on any atom is -0.353 e. The Morgan fingerprint density at radius 1 is 1.22 bits per heavy atom. The molecule has 1 N–H and O–H groups in total. The van der Waals surface area contributed by atoms with E-state index >= 15 is 0 Å². The molecule has 0 aliphatic heterocycles. The number of nitrogens with one attached hydrogen (secondary N) is 1. The number of rotatable bonds is 4. The fourth-order valence-corrected chi connectivity index (χ4v) is 1.47. The smallest absolute Gasteiger partial charge is 0.243 e. The van der Waals surface area contributed by atoms with Gasteiger partial charge < -0.3 is 5.32 Å².